The first-order valence-corrected chi connectivity index (χ1v) is 9.14. The molecule has 7 nitrogen and oxygen atoms in total. The van der Waals surface area contributed by atoms with Crippen molar-refractivity contribution in [1.29, 1.82) is 0 Å². The third-order valence-electron chi connectivity index (χ3n) is 4.85. The van der Waals surface area contributed by atoms with E-state index in [0.717, 1.165) is 25.7 Å². The molecule has 0 saturated carbocycles. The summed E-state index contributed by atoms with van der Waals surface area (Å²) in [7, 11) is 1.42. The Morgan fingerprint density at radius 1 is 0.880 bits per heavy atom. The van der Waals surface area contributed by atoms with Gasteiger partial charge in [0.2, 0.25) is 0 Å². The molecule has 0 unspecified atom stereocenters. The maximum absolute atomic E-state index is 11.2. The fraction of sp³-hybridized carbons (Fsp3) is 0.944. The molecular weight excluding hydrogens is 328 g/mol. The molecule has 0 spiro atoms. The average molecular weight is 358 g/mol. The lowest BCUT2D eigenvalue weighted by Crippen LogP contribution is -2.54. The van der Waals surface area contributed by atoms with Gasteiger partial charge in [0.05, 0.1) is 13.2 Å². The van der Waals surface area contributed by atoms with E-state index in [0.29, 0.717) is 6.42 Å². The molecule has 0 amide bonds. The third kappa shape index (κ3) is 4.34. The first kappa shape index (κ1) is 19.0. The number of hydrogen-bond donors (Lipinski definition) is 0. The van der Waals surface area contributed by atoms with Crippen molar-refractivity contribution in [3.8, 4) is 0 Å². The van der Waals surface area contributed by atoms with Crippen LogP contribution in [0.15, 0.2) is 0 Å². The first-order chi connectivity index (χ1) is 11.7. The first-order valence-electron chi connectivity index (χ1n) is 9.14. The second-order valence-electron chi connectivity index (χ2n) is 7.88. The van der Waals surface area contributed by atoms with Crippen LogP contribution in [0.4, 0.5) is 0 Å². The zero-order chi connectivity index (χ0) is 18.2. The number of rotatable bonds is 6. The molecule has 3 aliphatic rings. The van der Waals surface area contributed by atoms with Crippen molar-refractivity contribution in [1.82, 2.24) is 0 Å². The van der Waals surface area contributed by atoms with Gasteiger partial charge in [-0.2, -0.15) is 0 Å². The lowest BCUT2D eigenvalue weighted by molar-refractivity contribution is -0.235. The SMILES string of the molecule is COC(=O)CCCCC[C@@H]1O[C@H]2OC(C)(C)O[C@H]2[C@@H]2OC(C)(C)O[C@@H]21. The van der Waals surface area contributed by atoms with Gasteiger partial charge in [0.25, 0.3) is 0 Å². The predicted molar refractivity (Wildman–Crippen MR) is 87.6 cm³/mol. The number of fused-ring (bicyclic) bond motifs is 3. The van der Waals surface area contributed by atoms with Gasteiger partial charge in [0.1, 0.15) is 18.3 Å². The Morgan fingerprint density at radius 2 is 1.52 bits per heavy atom. The summed E-state index contributed by atoms with van der Waals surface area (Å²) in [5.41, 5.74) is 0. The highest BCUT2D eigenvalue weighted by atomic mass is 16.9. The molecule has 0 aromatic heterocycles. The van der Waals surface area contributed by atoms with Crippen LogP contribution in [-0.2, 0) is 33.2 Å². The van der Waals surface area contributed by atoms with Gasteiger partial charge in [-0.15, -0.1) is 0 Å². The van der Waals surface area contributed by atoms with Crippen LogP contribution in [0.1, 0.15) is 59.8 Å². The minimum absolute atomic E-state index is 0.108. The molecule has 144 valence electrons. The van der Waals surface area contributed by atoms with Crippen LogP contribution in [-0.4, -0.2) is 55.4 Å². The third-order valence-corrected chi connectivity index (χ3v) is 4.85. The molecule has 7 heteroatoms. The van der Waals surface area contributed by atoms with E-state index in [1.54, 1.807) is 0 Å². The maximum Gasteiger partial charge on any atom is 0.305 e. The highest BCUT2D eigenvalue weighted by molar-refractivity contribution is 5.68. The molecule has 5 atom stereocenters. The van der Waals surface area contributed by atoms with E-state index in [-0.39, 0.29) is 30.4 Å². The fourth-order valence-electron chi connectivity index (χ4n) is 3.82. The Hall–Kier alpha value is -0.730. The summed E-state index contributed by atoms with van der Waals surface area (Å²) in [5, 5.41) is 0. The minimum Gasteiger partial charge on any atom is -0.469 e. The number of methoxy groups -OCH3 is 1. The summed E-state index contributed by atoms with van der Waals surface area (Å²) in [6.45, 7) is 7.59. The molecule has 3 saturated heterocycles. The summed E-state index contributed by atoms with van der Waals surface area (Å²) in [4.78, 5) is 11.2. The maximum atomic E-state index is 11.2. The van der Waals surface area contributed by atoms with E-state index >= 15 is 0 Å². The van der Waals surface area contributed by atoms with Crippen LogP contribution >= 0.6 is 0 Å². The van der Waals surface area contributed by atoms with E-state index < -0.39 is 17.9 Å². The van der Waals surface area contributed by atoms with E-state index in [2.05, 4.69) is 4.74 Å². The van der Waals surface area contributed by atoms with Crippen molar-refractivity contribution in [2.24, 2.45) is 0 Å². The Bertz CT molecular complexity index is 490. The monoisotopic (exact) mass is 358 g/mol. The second-order valence-corrected chi connectivity index (χ2v) is 7.88. The Morgan fingerprint density at radius 3 is 2.24 bits per heavy atom. The van der Waals surface area contributed by atoms with E-state index in [4.69, 9.17) is 23.7 Å². The Labute approximate surface area is 149 Å². The van der Waals surface area contributed by atoms with Gasteiger partial charge in [-0.05, 0) is 40.5 Å². The number of carbonyl (C=O) groups excluding carboxylic acids is 1. The van der Waals surface area contributed by atoms with Gasteiger partial charge in [-0.1, -0.05) is 12.8 Å². The molecular formula is C18H30O7. The van der Waals surface area contributed by atoms with E-state index in [1.807, 2.05) is 27.7 Å². The van der Waals surface area contributed by atoms with Crippen molar-refractivity contribution >= 4 is 5.97 Å². The largest absolute Gasteiger partial charge is 0.469 e. The molecule has 0 aliphatic carbocycles. The Kier molecular flexibility index (Phi) is 5.42. The molecule has 0 aromatic carbocycles. The number of unbranched alkanes of at least 4 members (excludes halogenated alkanes) is 2. The zero-order valence-electron chi connectivity index (χ0n) is 15.8. The van der Waals surface area contributed by atoms with Crippen LogP contribution in [0.2, 0.25) is 0 Å². The van der Waals surface area contributed by atoms with Crippen molar-refractivity contribution in [2.45, 2.75) is 102 Å². The van der Waals surface area contributed by atoms with Crippen molar-refractivity contribution < 1.29 is 33.2 Å². The van der Waals surface area contributed by atoms with Crippen molar-refractivity contribution in [2.75, 3.05) is 7.11 Å². The smallest absolute Gasteiger partial charge is 0.305 e. The lowest BCUT2D eigenvalue weighted by atomic mass is 9.95. The Balaban J connectivity index is 1.57. The summed E-state index contributed by atoms with van der Waals surface area (Å²) >= 11 is 0. The van der Waals surface area contributed by atoms with Gasteiger partial charge in [-0.25, -0.2) is 0 Å². The summed E-state index contributed by atoms with van der Waals surface area (Å²) in [5.74, 6) is -1.51. The molecule has 3 fully saturated rings. The molecule has 0 bridgehead atoms. The lowest BCUT2D eigenvalue weighted by Gasteiger charge is -2.37. The van der Waals surface area contributed by atoms with Crippen LogP contribution < -0.4 is 0 Å². The van der Waals surface area contributed by atoms with Crippen molar-refractivity contribution in [3.05, 3.63) is 0 Å². The van der Waals surface area contributed by atoms with Gasteiger partial charge in [-0.3, -0.25) is 4.79 Å². The molecule has 0 radical (unpaired) electrons. The number of hydrogen-bond acceptors (Lipinski definition) is 7. The number of carbonyl (C=O) groups is 1. The van der Waals surface area contributed by atoms with E-state index in [1.165, 1.54) is 7.11 Å². The van der Waals surface area contributed by atoms with Crippen LogP contribution in [0, 0.1) is 0 Å². The molecule has 25 heavy (non-hydrogen) atoms. The van der Waals surface area contributed by atoms with Crippen LogP contribution in [0.3, 0.4) is 0 Å². The molecule has 3 rings (SSSR count). The highest BCUT2D eigenvalue weighted by Gasteiger charge is 2.60. The van der Waals surface area contributed by atoms with Gasteiger partial charge in [0, 0.05) is 6.42 Å². The van der Waals surface area contributed by atoms with Crippen LogP contribution in [0.5, 0.6) is 0 Å². The standard InChI is InChI=1S/C18H30O7/c1-17(2)22-13-11(9-7-6-8-10-12(19)20-5)21-16-15(14(13)23-17)24-18(3,4)25-16/h11,13-16H,6-10H2,1-5H3/t11-,13+,14+,15-,16-/m0/s1. The summed E-state index contributed by atoms with van der Waals surface area (Å²) in [6, 6.07) is 0. The number of esters is 1. The molecule has 0 aromatic rings. The zero-order valence-corrected chi connectivity index (χ0v) is 15.8. The summed E-state index contributed by atoms with van der Waals surface area (Å²) in [6.07, 6.45) is 2.78. The van der Waals surface area contributed by atoms with Crippen molar-refractivity contribution in [3.63, 3.8) is 0 Å². The van der Waals surface area contributed by atoms with Gasteiger partial charge < -0.3 is 28.4 Å². The van der Waals surface area contributed by atoms with E-state index in [9.17, 15) is 4.79 Å². The number of ether oxygens (including phenoxy) is 6. The second kappa shape index (κ2) is 7.12. The fourth-order valence-corrected chi connectivity index (χ4v) is 3.82. The highest BCUT2D eigenvalue weighted by Crippen LogP contribution is 2.44. The topological polar surface area (TPSA) is 72.5 Å². The van der Waals surface area contributed by atoms with Gasteiger partial charge in [0.15, 0.2) is 17.9 Å². The van der Waals surface area contributed by atoms with Crippen LogP contribution in [0.25, 0.3) is 0 Å². The molecule has 3 heterocycles. The minimum atomic E-state index is -0.689. The van der Waals surface area contributed by atoms with Gasteiger partial charge >= 0.3 is 5.97 Å². The quantitative estimate of drug-likeness (QED) is 0.533. The normalized spacial score (nSPS) is 38.2. The molecule has 3 aliphatic heterocycles. The molecule has 0 N–H and O–H groups in total. The summed E-state index contributed by atoms with van der Waals surface area (Å²) < 4.78 is 34.9. The average Bonchev–Trinajstić information content (AvgIpc) is 3.00. The predicted octanol–water partition coefficient (Wildman–Crippen LogP) is 2.51.